The predicted octanol–water partition coefficient (Wildman–Crippen LogP) is 3.20. The number of ether oxygens (including phenoxy) is 1. The Morgan fingerprint density at radius 2 is 1.75 bits per heavy atom. The van der Waals surface area contributed by atoms with E-state index < -0.39 is 49.7 Å². The van der Waals surface area contributed by atoms with Gasteiger partial charge in [0.2, 0.25) is 5.69 Å². The van der Waals surface area contributed by atoms with Crippen molar-refractivity contribution in [1.82, 2.24) is 9.78 Å². The van der Waals surface area contributed by atoms with Crippen molar-refractivity contribution in [2.75, 3.05) is 6.61 Å². The number of aromatic nitrogens is 2. The molecule has 0 spiro atoms. The summed E-state index contributed by atoms with van der Waals surface area (Å²) in [5.74, 6) is -1.87. The molecule has 0 atom stereocenters. The molecule has 8 nitrogen and oxygen atoms in total. The van der Waals surface area contributed by atoms with Crippen LogP contribution in [0.25, 0.3) is 5.69 Å². The molecule has 3 rings (SSSR count). The number of rotatable bonds is 6. The van der Waals surface area contributed by atoms with Crippen molar-refractivity contribution in [3.8, 4) is 11.4 Å². The fraction of sp³-hybridized carbons (Fsp3) is 0.150. The van der Waals surface area contributed by atoms with E-state index in [2.05, 4.69) is 5.10 Å². The summed E-state index contributed by atoms with van der Waals surface area (Å²) in [6, 6.07) is 11.4. The Morgan fingerprint density at radius 1 is 1.06 bits per heavy atom. The molecule has 0 saturated heterocycles. The zero-order chi connectivity index (χ0) is 23.5. The third kappa shape index (κ3) is 4.97. The maximum atomic E-state index is 12.9. The van der Waals surface area contributed by atoms with Gasteiger partial charge in [-0.25, -0.2) is 4.79 Å². The second kappa shape index (κ2) is 8.83. The van der Waals surface area contributed by atoms with E-state index >= 15 is 0 Å². The molecule has 1 aromatic heterocycles. The highest BCUT2D eigenvalue weighted by molar-refractivity contribution is 7.87. The molecule has 168 valence electrons. The van der Waals surface area contributed by atoms with Gasteiger partial charge in [0, 0.05) is 0 Å². The minimum atomic E-state index is -4.86. The van der Waals surface area contributed by atoms with E-state index in [9.17, 15) is 31.2 Å². The maximum Gasteiger partial charge on any atom is 0.416 e. The van der Waals surface area contributed by atoms with Crippen molar-refractivity contribution in [2.24, 2.45) is 0 Å². The molecular weight excluding hydrogens is 453 g/mol. The molecule has 2 aromatic carbocycles. The van der Waals surface area contributed by atoms with E-state index in [1.165, 1.54) is 19.1 Å². The second-order valence-electron chi connectivity index (χ2n) is 6.23. The van der Waals surface area contributed by atoms with Gasteiger partial charge in [0.1, 0.15) is 4.90 Å². The maximum absolute atomic E-state index is 12.9. The van der Waals surface area contributed by atoms with E-state index in [1.807, 2.05) is 0 Å². The van der Waals surface area contributed by atoms with Crippen molar-refractivity contribution in [1.29, 1.82) is 0 Å². The Morgan fingerprint density at radius 3 is 2.38 bits per heavy atom. The van der Waals surface area contributed by atoms with Crippen LogP contribution in [-0.4, -0.2) is 30.8 Å². The van der Waals surface area contributed by atoms with E-state index in [-0.39, 0.29) is 12.3 Å². The summed E-state index contributed by atoms with van der Waals surface area (Å²) in [7, 11) is -4.86. The second-order valence-corrected chi connectivity index (χ2v) is 7.77. The molecule has 0 unspecified atom stereocenters. The van der Waals surface area contributed by atoms with Crippen molar-refractivity contribution in [2.45, 2.75) is 18.0 Å². The summed E-state index contributed by atoms with van der Waals surface area (Å²) in [5.41, 5.74) is -2.44. The average molecular weight is 468 g/mol. The number of esters is 1. The molecule has 0 aliphatic heterocycles. The molecule has 0 aliphatic rings. The number of alkyl halides is 3. The van der Waals surface area contributed by atoms with Crippen LogP contribution in [0, 0.1) is 0 Å². The largest absolute Gasteiger partial charge is 0.461 e. The molecule has 0 amide bonds. The average Bonchev–Trinajstić information content (AvgIpc) is 2.74. The number of hydrogen-bond acceptors (Lipinski definition) is 7. The molecule has 0 bridgehead atoms. The lowest BCUT2D eigenvalue weighted by Crippen LogP contribution is -2.26. The standard InChI is InChI=1S/C20H15F3N2O6S/c1-2-30-19(27)18-16(12-17(26)25(24-18)14-8-4-3-5-9-14)31-32(28,29)15-10-6-7-13(11-15)20(21,22)23/h3-12H,2H2,1H3. The Labute approximate surface area is 180 Å². The van der Waals surface area contributed by atoms with Gasteiger partial charge in [0.05, 0.1) is 23.9 Å². The minimum Gasteiger partial charge on any atom is -0.461 e. The first-order valence-corrected chi connectivity index (χ1v) is 10.4. The van der Waals surface area contributed by atoms with Gasteiger partial charge in [0.25, 0.3) is 5.56 Å². The molecule has 0 N–H and O–H groups in total. The Kier molecular flexibility index (Phi) is 6.35. The molecule has 0 aliphatic carbocycles. The lowest BCUT2D eigenvalue weighted by Gasteiger charge is -2.13. The first-order chi connectivity index (χ1) is 15.0. The van der Waals surface area contributed by atoms with Crippen molar-refractivity contribution in [3.63, 3.8) is 0 Å². The zero-order valence-corrected chi connectivity index (χ0v) is 17.2. The summed E-state index contributed by atoms with van der Waals surface area (Å²) < 4.78 is 74.6. The molecule has 3 aromatic rings. The van der Waals surface area contributed by atoms with E-state index in [1.54, 1.807) is 18.2 Å². The predicted molar refractivity (Wildman–Crippen MR) is 105 cm³/mol. The first-order valence-electron chi connectivity index (χ1n) is 9.01. The number of hydrogen-bond donors (Lipinski definition) is 0. The number of halogens is 3. The summed E-state index contributed by atoms with van der Waals surface area (Å²) in [5, 5.41) is 3.86. The minimum absolute atomic E-state index is 0.0925. The van der Waals surface area contributed by atoms with Gasteiger partial charge in [0.15, 0.2) is 5.75 Å². The van der Waals surface area contributed by atoms with Crippen molar-refractivity contribution in [3.05, 3.63) is 82.3 Å². The van der Waals surface area contributed by atoms with Crippen LogP contribution in [-0.2, 0) is 21.0 Å². The quantitative estimate of drug-likeness (QED) is 0.404. The third-order valence-electron chi connectivity index (χ3n) is 4.02. The van der Waals surface area contributed by atoms with Gasteiger partial charge < -0.3 is 8.92 Å². The fourth-order valence-electron chi connectivity index (χ4n) is 2.59. The molecule has 0 radical (unpaired) electrons. The van der Waals surface area contributed by atoms with Crippen molar-refractivity contribution < 1.29 is 35.3 Å². The Bertz CT molecular complexity index is 1300. The van der Waals surface area contributed by atoms with Crippen LogP contribution >= 0.6 is 0 Å². The van der Waals surface area contributed by atoms with Crippen LogP contribution in [0.15, 0.2) is 70.4 Å². The lowest BCUT2D eigenvalue weighted by molar-refractivity contribution is -0.137. The van der Waals surface area contributed by atoms with Gasteiger partial charge >= 0.3 is 22.3 Å². The lowest BCUT2D eigenvalue weighted by atomic mass is 10.2. The highest BCUT2D eigenvalue weighted by Gasteiger charge is 2.32. The highest BCUT2D eigenvalue weighted by atomic mass is 32.2. The van der Waals surface area contributed by atoms with Gasteiger partial charge in [-0.05, 0) is 37.3 Å². The molecule has 0 saturated carbocycles. The number of benzene rings is 2. The summed E-state index contributed by atoms with van der Waals surface area (Å²) >= 11 is 0. The number of carbonyl (C=O) groups is 1. The molecule has 12 heteroatoms. The normalized spacial score (nSPS) is 11.8. The van der Waals surface area contributed by atoms with Crippen LogP contribution in [0.1, 0.15) is 23.0 Å². The topological polar surface area (TPSA) is 105 Å². The fourth-order valence-corrected chi connectivity index (χ4v) is 3.57. The van der Waals surface area contributed by atoms with Gasteiger partial charge in [-0.2, -0.15) is 31.4 Å². The summed E-state index contributed by atoms with van der Waals surface area (Å²) in [6.07, 6.45) is -4.79. The summed E-state index contributed by atoms with van der Waals surface area (Å²) in [4.78, 5) is 24.0. The molecule has 1 heterocycles. The molecule has 32 heavy (non-hydrogen) atoms. The van der Waals surface area contributed by atoms with Crippen molar-refractivity contribution >= 4 is 16.1 Å². The van der Waals surface area contributed by atoms with E-state index in [0.29, 0.717) is 18.2 Å². The number of para-hydroxylation sites is 1. The van der Waals surface area contributed by atoms with Crippen LogP contribution in [0.5, 0.6) is 5.75 Å². The van der Waals surface area contributed by atoms with E-state index in [0.717, 1.165) is 16.8 Å². The third-order valence-corrected chi connectivity index (χ3v) is 5.25. The van der Waals surface area contributed by atoms with Crippen LogP contribution in [0.4, 0.5) is 13.2 Å². The molecule has 0 fully saturated rings. The SMILES string of the molecule is CCOC(=O)c1nn(-c2ccccc2)c(=O)cc1OS(=O)(=O)c1cccc(C(F)(F)F)c1. The number of carbonyl (C=O) groups excluding carboxylic acids is 1. The number of nitrogens with zero attached hydrogens (tertiary/aromatic N) is 2. The van der Waals surface area contributed by atoms with Crippen LogP contribution < -0.4 is 9.74 Å². The zero-order valence-electron chi connectivity index (χ0n) is 16.4. The Hall–Kier alpha value is -3.67. The first kappa shape index (κ1) is 23.0. The van der Waals surface area contributed by atoms with Gasteiger partial charge in [-0.15, -0.1) is 0 Å². The van der Waals surface area contributed by atoms with Crippen LogP contribution in [0.2, 0.25) is 0 Å². The van der Waals surface area contributed by atoms with Gasteiger partial charge in [-0.1, -0.05) is 24.3 Å². The monoisotopic (exact) mass is 468 g/mol. The van der Waals surface area contributed by atoms with E-state index in [4.69, 9.17) is 8.92 Å². The summed E-state index contributed by atoms with van der Waals surface area (Å²) in [6.45, 7) is 1.40. The molecular formula is C20H15F3N2O6S. The smallest absolute Gasteiger partial charge is 0.416 e. The van der Waals surface area contributed by atoms with Gasteiger partial charge in [-0.3, -0.25) is 4.79 Å². The highest BCUT2D eigenvalue weighted by Crippen LogP contribution is 2.31. The Balaban J connectivity index is 2.10. The van der Waals surface area contributed by atoms with Crippen LogP contribution in [0.3, 0.4) is 0 Å².